The molecule has 0 saturated heterocycles. The van der Waals surface area contributed by atoms with Crippen LogP contribution in [0.15, 0.2) is 42.5 Å². The summed E-state index contributed by atoms with van der Waals surface area (Å²) in [4.78, 5) is 2.09. The molecule has 1 heterocycles. The van der Waals surface area contributed by atoms with Gasteiger partial charge in [0.25, 0.3) is 0 Å². The van der Waals surface area contributed by atoms with E-state index in [0.717, 1.165) is 23.6 Å². The fraction of sp³-hybridized carbons (Fsp3) is 0.200. The minimum Gasteiger partial charge on any atom is -0.455 e. The molecule has 2 nitrogen and oxygen atoms in total. The lowest BCUT2D eigenvalue weighted by Crippen LogP contribution is -2.13. The Balaban J connectivity index is 2.12. The van der Waals surface area contributed by atoms with E-state index in [-0.39, 0.29) is 0 Å². The zero-order valence-corrected chi connectivity index (χ0v) is 10.1. The monoisotopic (exact) mass is 225 g/mol. The quantitative estimate of drug-likeness (QED) is 0.629. The predicted molar refractivity (Wildman–Crippen MR) is 70.1 cm³/mol. The first-order valence-corrected chi connectivity index (χ1v) is 5.80. The molecule has 0 aliphatic carbocycles. The zero-order chi connectivity index (χ0) is 11.8. The first kappa shape index (κ1) is 10.2. The van der Waals surface area contributed by atoms with E-state index >= 15 is 0 Å². The van der Waals surface area contributed by atoms with Crippen LogP contribution in [0.4, 0.5) is 5.69 Å². The van der Waals surface area contributed by atoms with Gasteiger partial charge in [0.2, 0.25) is 0 Å². The minimum atomic E-state index is 0.952. The number of fused-ring (bicyclic) bond motifs is 2. The maximum absolute atomic E-state index is 6.03. The van der Waals surface area contributed by atoms with Gasteiger partial charge < -0.3 is 9.64 Å². The molecule has 0 bridgehead atoms. The van der Waals surface area contributed by atoms with Gasteiger partial charge in [-0.3, -0.25) is 0 Å². The second-order valence-corrected chi connectivity index (χ2v) is 4.55. The van der Waals surface area contributed by atoms with Crippen molar-refractivity contribution in [2.75, 3.05) is 19.0 Å². The molecule has 0 aromatic heterocycles. The van der Waals surface area contributed by atoms with Crippen molar-refractivity contribution in [2.24, 2.45) is 0 Å². The molecule has 2 aromatic carbocycles. The van der Waals surface area contributed by atoms with Crippen LogP contribution in [0.25, 0.3) is 0 Å². The normalized spacial score (nSPS) is 12.4. The van der Waals surface area contributed by atoms with Crippen LogP contribution in [0.1, 0.15) is 11.1 Å². The number of hydrogen-bond acceptors (Lipinski definition) is 2. The maximum Gasteiger partial charge on any atom is 0.154 e. The van der Waals surface area contributed by atoms with Gasteiger partial charge in [0, 0.05) is 26.1 Å². The smallest absolute Gasteiger partial charge is 0.154 e. The van der Waals surface area contributed by atoms with Crippen molar-refractivity contribution in [3.63, 3.8) is 0 Å². The molecule has 3 rings (SSSR count). The number of rotatable bonds is 1. The predicted octanol–water partition coefficient (Wildman–Crippen LogP) is 3.45. The highest BCUT2D eigenvalue weighted by molar-refractivity contribution is 5.65. The van der Waals surface area contributed by atoms with Gasteiger partial charge in [0.1, 0.15) is 5.75 Å². The zero-order valence-electron chi connectivity index (χ0n) is 10.1. The Morgan fingerprint density at radius 3 is 2.53 bits per heavy atom. The standard InChI is InChI=1S/C15H15NO/c1-16(2)13-8-5-7-12-10-11-6-3-4-9-14(11)17-15(12)13/h3-9H,10H2,1-2H3. The summed E-state index contributed by atoms with van der Waals surface area (Å²) >= 11 is 0. The number of benzene rings is 2. The Hall–Kier alpha value is -1.96. The first-order valence-electron chi connectivity index (χ1n) is 5.80. The number of ether oxygens (including phenoxy) is 1. The van der Waals surface area contributed by atoms with Crippen molar-refractivity contribution >= 4 is 5.69 Å². The van der Waals surface area contributed by atoms with Gasteiger partial charge >= 0.3 is 0 Å². The number of hydrogen-bond donors (Lipinski definition) is 0. The summed E-state index contributed by atoms with van der Waals surface area (Å²) < 4.78 is 6.03. The molecule has 0 atom stereocenters. The largest absolute Gasteiger partial charge is 0.455 e. The lowest BCUT2D eigenvalue weighted by molar-refractivity contribution is 0.460. The maximum atomic E-state index is 6.03. The lowest BCUT2D eigenvalue weighted by atomic mass is 9.99. The Morgan fingerprint density at radius 1 is 0.941 bits per heavy atom. The average Bonchev–Trinajstić information content (AvgIpc) is 2.35. The molecule has 86 valence electrons. The molecule has 1 aliphatic heterocycles. The van der Waals surface area contributed by atoms with E-state index in [1.807, 2.05) is 26.2 Å². The molecule has 0 amide bonds. The SMILES string of the molecule is CN(C)c1cccc2c1Oc1ccccc1C2. The Morgan fingerprint density at radius 2 is 1.71 bits per heavy atom. The van der Waals surface area contributed by atoms with Crippen LogP contribution < -0.4 is 9.64 Å². The Kier molecular flexibility index (Phi) is 2.29. The molecule has 17 heavy (non-hydrogen) atoms. The van der Waals surface area contributed by atoms with Gasteiger partial charge in [-0.1, -0.05) is 30.3 Å². The summed E-state index contributed by atoms with van der Waals surface area (Å²) in [5.41, 5.74) is 3.66. The Labute approximate surface area is 101 Å². The van der Waals surface area contributed by atoms with Crippen LogP contribution in [-0.4, -0.2) is 14.1 Å². The van der Waals surface area contributed by atoms with Gasteiger partial charge in [0.15, 0.2) is 5.75 Å². The van der Waals surface area contributed by atoms with Crippen LogP contribution in [-0.2, 0) is 6.42 Å². The molecule has 0 saturated carbocycles. The summed E-state index contributed by atoms with van der Waals surface area (Å²) in [7, 11) is 4.08. The molecule has 1 aliphatic rings. The fourth-order valence-corrected chi connectivity index (χ4v) is 2.25. The molecule has 2 aromatic rings. The summed E-state index contributed by atoms with van der Waals surface area (Å²) in [5, 5.41) is 0. The molecule has 0 N–H and O–H groups in total. The second-order valence-electron chi connectivity index (χ2n) is 4.55. The summed E-state index contributed by atoms with van der Waals surface area (Å²) in [6, 6.07) is 14.5. The molecule has 0 unspecified atom stereocenters. The highest BCUT2D eigenvalue weighted by atomic mass is 16.5. The molecule has 2 heteroatoms. The van der Waals surface area contributed by atoms with E-state index in [4.69, 9.17) is 4.74 Å². The van der Waals surface area contributed by atoms with Gasteiger partial charge in [-0.25, -0.2) is 0 Å². The third-order valence-electron chi connectivity index (χ3n) is 3.12. The van der Waals surface area contributed by atoms with E-state index in [2.05, 4.69) is 35.2 Å². The lowest BCUT2D eigenvalue weighted by Gasteiger charge is -2.25. The fourth-order valence-electron chi connectivity index (χ4n) is 2.25. The van der Waals surface area contributed by atoms with Gasteiger partial charge in [-0.05, 0) is 17.7 Å². The van der Waals surface area contributed by atoms with Crippen LogP contribution in [0.2, 0.25) is 0 Å². The first-order chi connectivity index (χ1) is 8.25. The number of anilines is 1. The third kappa shape index (κ3) is 1.66. The van der Waals surface area contributed by atoms with Crippen molar-refractivity contribution in [3.8, 4) is 11.5 Å². The molecular weight excluding hydrogens is 210 g/mol. The molecular formula is C15H15NO. The van der Waals surface area contributed by atoms with Crippen molar-refractivity contribution < 1.29 is 4.74 Å². The number of para-hydroxylation sites is 2. The minimum absolute atomic E-state index is 0.952. The molecule has 0 radical (unpaired) electrons. The van der Waals surface area contributed by atoms with E-state index in [1.165, 1.54) is 11.1 Å². The van der Waals surface area contributed by atoms with E-state index in [1.54, 1.807) is 0 Å². The molecule has 0 spiro atoms. The van der Waals surface area contributed by atoms with Crippen molar-refractivity contribution in [1.29, 1.82) is 0 Å². The average molecular weight is 225 g/mol. The van der Waals surface area contributed by atoms with Gasteiger partial charge in [-0.2, -0.15) is 0 Å². The summed E-state index contributed by atoms with van der Waals surface area (Å²) in [5.74, 6) is 1.98. The highest BCUT2D eigenvalue weighted by Crippen LogP contribution is 2.41. The highest BCUT2D eigenvalue weighted by Gasteiger charge is 2.19. The van der Waals surface area contributed by atoms with Crippen LogP contribution in [0, 0.1) is 0 Å². The van der Waals surface area contributed by atoms with Crippen LogP contribution >= 0.6 is 0 Å². The van der Waals surface area contributed by atoms with Crippen molar-refractivity contribution in [1.82, 2.24) is 0 Å². The van der Waals surface area contributed by atoms with Gasteiger partial charge in [0.05, 0.1) is 5.69 Å². The van der Waals surface area contributed by atoms with Crippen molar-refractivity contribution in [2.45, 2.75) is 6.42 Å². The summed E-state index contributed by atoms with van der Waals surface area (Å²) in [6.07, 6.45) is 0.952. The third-order valence-corrected chi connectivity index (χ3v) is 3.12. The molecule has 0 fully saturated rings. The summed E-state index contributed by atoms with van der Waals surface area (Å²) in [6.45, 7) is 0. The van der Waals surface area contributed by atoms with E-state index in [9.17, 15) is 0 Å². The van der Waals surface area contributed by atoms with Crippen LogP contribution in [0.3, 0.4) is 0 Å². The van der Waals surface area contributed by atoms with Crippen molar-refractivity contribution in [3.05, 3.63) is 53.6 Å². The number of nitrogens with zero attached hydrogens (tertiary/aromatic N) is 1. The van der Waals surface area contributed by atoms with E-state index < -0.39 is 0 Å². The Bertz CT molecular complexity index is 561. The van der Waals surface area contributed by atoms with Crippen LogP contribution in [0.5, 0.6) is 11.5 Å². The topological polar surface area (TPSA) is 12.5 Å². The van der Waals surface area contributed by atoms with Gasteiger partial charge in [-0.15, -0.1) is 0 Å². The second kappa shape index (κ2) is 3.81. The van der Waals surface area contributed by atoms with E-state index in [0.29, 0.717) is 0 Å².